The smallest absolute Gasteiger partial charge is 0.305 e. The first-order valence-corrected chi connectivity index (χ1v) is 19.1. The van der Waals surface area contributed by atoms with E-state index in [9.17, 15) is 19.2 Å². The number of amides is 1. The van der Waals surface area contributed by atoms with Crippen LogP contribution in [0.3, 0.4) is 0 Å². The SMILES string of the molecule is CCOC(=O)CCCCCC(C(=O)Cc1ccccc1)c1nc(C)ns1.Cc1nsc(C(CCCCCC(=O)NO)C(=O)Cc2ccccc2)n1. The fourth-order valence-electron chi connectivity index (χ4n) is 5.49. The highest BCUT2D eigenvalue weighted by Gasteiger charge is 2.25. The van der Waals surface area contributed by atoms with Gasteiger partial charge in [0.05, 0.1) is 18.4 Å². The van der Waals surface area contributed by atoms with Crippen LogP contribution in [0.25, 0.3) is 0 Å². The Morgan fingerprint density at radius 1 is 0.686 bits per heavy atom. The van der Waals surface area contributed by atoms with E-state index >= 15 is 0 Å². The number of aryl methyl sites for hydroxylation is 2. The minimum absolute atomic E-state index is 0.149. The van der Waals surface area contributed by atoms with Gasteiger partial charge in [-0.1, -0.05) is 86.3 Å². The molecule has 2 heterocycles. The Bertz CT molecular complexity index is 1630. The summed E-state index contributed by atoms with van der Waals surface area (Å²) in [6.07, 6.45) is 7.84. The molecular formula is C38H49N5O6S2. The van der Waals surface area contributed by atoms with E-state index in [1.165, 1.54) is 23.1 Å². The second kappa shape index (κ2) is 23.3. The summed E-state index contributed by atoms with van der Waals surface area (Å²) in [7, 11) is 0. The van der Waals surface area contributed by atoms with E-state index in [4.69, 9.17) is 9.94 Å². The van der Waals surface area contributed by atoms with Gasteiger partial charge in [0.25, 0.3) is 0 Å². The minimum Gasteiger partial charge on any atom is -0.466 e. The highest BCUT2D eigenvalue weighted by Crippen LogP contribution is 2.28. The van der Waals surface area contributed by atoms with Crippen LogP contribution >= 0.6 is 23.1 Å². The average molecular weight is 736 g/mol. The lowest BCUT2D eigenvalue weighted by Crippen LogP contribution is -2.18. The zero-order valence-electron chi connectivity index (χ0n) is 29.7. The van der Waals surface area contributed by atoms with Crippen molar-refractivity contribution in [2.45, 2.75) is 110 Å². The van der Waals surface area contributed by atoms with Gasteiger partial charge in [0, 0.05) is 25.7 Å². The molecule has 0 saturated carbocycles. The number of rotatable bonds is 21. The van der Waals surface area contributed by atoms with E-state index < -0.39 is 0 Å². The Balaban J connectivity index is 0.000000276. The topological polar surface area (TPSA) is 161 Å². The number of aromatic nitrogens is 4. The molecule has 11 nitrogen and oxygen atoms in total. The van der Waals surface area contributed by atoms with Crippen molar-refractivity contribution in [2.75, 3.05) is 6.61 Å². The van der Waals surface area contributed by atoms with Crippen LogP contribution in [0.1, 0.15) is 116 Å². The Morgan fingerprint density at radius 2 is 1.14 bits per heavy atom. The summed E-state index contributed by atoms with van der Waals surface area (Å²) in [5, 5.41) is 10.1. The van der Waals surface area contributed by atoms with Gasteiger partial charge in [0.1, 0.15) is 33.2 Å². The Hall–Kier alpha value is -4.20. The normalized spacial score (nSPS) is 11.9. The number of carbonyl (C=O) groups excluding carboxylic acids is 4. The van der Waals surface area contributed by atoms with Crippen LogP contribution in [0, 0.1) is 13.8 Å². The van der Waals surface area contributed by atoms with Crippen molar-refractivity contribution in [2.24, 2.45) is 0 Å². The molecule has 0 saturated heterocycles. The molecule has 274 valence electrons. The van der Waals surface area contributed by atoms with Gasteiger partial charge in [0.15, 0.2) is 0 Å². The fraction of sp³-hybridized carbons (Fsp3) is 0.474. The maximum Gasteiger partial charge on any atom is 0.305 e. The molecule has 0 radical (unpaired) electrons. The third-order valence-electron chi connectivity index (χ3n) is 8.10. The summed E-state index contributed by atoms with van der Waals surface area (Å²) in [4.78, 5) is 56.9. The minimum atomic E-state index is -0.378. The van der Waals surface area contributed by atoms with Gasteiger partial charge in [-0.25, -0.2) is 15.4 Å². The molecule has 0 aliphatic carbocycles. The predicted molar refractivity (Wildman–Crippen MR) is 198 cm³/mol. The molecule has 2 atom stereocenters. The summed E-state index contributed by atoms with van der Waals surface area (Å²) in [5.41, 5.74) is 3.65. The van der Waals surface area contributed by atoms with Crippen molar-refractivity contribution >= 4 is 46.5 Å². The first-order chi connectivity index (χ1) is 24.7. The Labute approximate surface area is 308 Å². The number of carbonyl (C=O) groups is 4. The number of unbranched alkanes of at least 4 members (excludes halogenated alkanes) is 4. The number of hydrogen-bond acceptors (Lipinski definition) is 12. The summed E-state index contributed by atoms with van der Waals surface area (Å²) in [5.74, 6) is 0.734. The zero-order chi connectivity index (χ0) is 36.8. The largest absolute Gasteiger partial charge is 0.466 e. The highest BCUT2D eigenvalue weighted by molar-refractivity contribution is 7.05. The van der Waals surface area contributed by atoms with Crippen molar-refractivity contribution in [1.29, 1.82) is 0 Å². The molecule has 0 spiro atoms. The van der Waals surface area contributed by atoms with Crippen LogP contribution < -0.4 is 5.48 Å². The molecular weight excluding hydrogens is 687 g/mol. The molecule has 2 aromatic carbocycles. The first-order valence-electron chi connectivity index (χ1n) is 17.5. The molecule has 1 amide bonds. The number of Topliss-reactive ketones (excluding diaryl/α,β-unsaturated/α-hetero) is 2. The number of nitrogens with zero attached hydrogens (tertiary/aromatic N) is 4. The number of ketones is 2. The lowest BCUT2D eigenvalue weighted by Gasteiger charge is -2.13. The van der Waals surface area contributed by atoms with Crippen molar-refractivity contribution < 1.29 is 29.1 Å². The van der Waals surface area contributed by atoms with E-state index in [2.05, 4.69) is 18.7 Å². The number of benzene rings is 2. The summed E-state index contributed by atoms with van der Waals surface area (Å²) >= 11 is 2.61. The molecule has 2 aromatic heterocycles. The molecule has 13 heteroatoms. The van der Waals surface area contributed by atoms with Gasteiger partial charge in [-0.05, 0) is 80.6 Å². The van der Waals surface area contributed by atoms with Crippen LogP contribution in [-0.2, 0) is 36.8 Å². The van der Waals surface area contributed by atoms with E-state index in [0.29, 0.717) is 50.4 Å². The molecule has 0 aliphatic heterocycles. The molecule has 4 rings (SSSR count). The van der Waals surface area contributed by atoms with Gasteiger partial charge >= 0.3 is 5.97 Å². The maximum absolute atomic E-state index is 12.8. The quantitative estimate of drug-likeness (QED) is 0.0381. The van der Waals surface area contributed by atoms with E-state index in [1.54, 1.807) is 5.48 Å². The summed E-state index contributed by atoms with van der Waals surface area (Å²) < 4.78 is 13.4. The van der Waals surface area contributed by atoms with Crippen molar-refractivity contribution in [1.82, 2.24) is 24.2 Å². The first kappa shape index (κ1) is 41.2. The van der Waals surface area contributed by atoms with Crippen LogP contribution in [0.15, 0.2) is 60.7 Å². The van der Waals surface area contributed by atoms with Crippen LogP contribution in [0.2, 0.25) is 0 Å². The van der Waals surface area contributed by atoms with Gasteiger partial charge in [-0.3, -0.25) is 24.4 Å². The van der Waals surface area contributed by atoms with E-state index in [-0.39, 0.29) is 41.7 Å². The molecule has 0 aliphatic rings. The molecule has 0 fully saturated rings. The number of esters is 1. The number of hydroxylamine groups is 1. The third-order valence-corrected chi connectivity index (χ3v) is 9.94. The summed E-state index contributed by atoms with van der Waals surface area (Å²) in [6, 6.07) is 19.5. The van der Waals surface area contributed by atoms with Crippen LogP contribution in [0.5, 0.6) is 0 Å². The average Bonchev–Trinajstić information content (AvgIpc) is 3.76. The molecule has 2 N–H and O–H groups in total. The van der Waals surface area contributed by atoms with Crippen LogP contribution in [-0.4, -0.2) is 54.0 Å². The lowest BCUT2D eigenvalue weighted by molar-refractivity contribution is -0.143. The fourth-order valence-corrected chi connectivity index (χ4v) is 7.12. The van der Waals surface area contributed by atoms with Gasteiger partial charge in [-0.2, -0.15) is 8.75 Å². The summed E-state index contributed by atoms with van der Waals surface area (Å²) in [6.45, 7) is 5.90. The lowest BCUT2D eigenvalue weighted by atomic mass is 9.93. The van der Waals surface area contributed by atoms with Gasteiger partial charge in [0.2, 0.25) is 5.91 Å². The Morgan fingerprint density at radius 3 is 1.53 bits per heavy atom. The van der Waals surface area contributed by atoms with E-state index in [1.807, 2.05) is 81.4 Å². The number of ether oxygens (including phenoxy) is 1. The number of hydrogen-bond donors (Lipinski definition) is 2. The van der Waals surface area contributed by atoms with Gasteiger partial charge < -0.3 is 4.74 Å². The molecule has 0 bridgehead atoms. The third kappa shape index (κ3) is 15.7. The predicted octanol–water partition coefficient (Wildman–Crippen LogP) is 7.45. The molecule has 2 unspecified atom stereocenters. The van der Waals surface area contributed by atoms with Gasteiger partial charge in [-0.15, -0.1) is 0 Å². The molecule has 51 heavy (non-hydrogen) atoms. The Kier molecular flexibility index (Phi) is 18.8. The second-order valence-electron chi connectivity index (χ2n) is 12.3. The van der Waals surface area contributed by atoms with E-state index in [0.717, 1.165) is 59.7 Å². The van der Waals surface area contributed by atoms with Crippen molar-refractivity contribution in [3.63, 3.8) is 0 Å². The van der Waals surface area contributed by atoms with Crippen molar-refractivity contribution in [3.05, 3.63) is 93.5 Å². The monoisotopic (exact) mass is 735 g/mol. The van der Waals surface area contributed by atoms with Crippen molar-refractivity contribution in [3.8, 4) is 0 Å². The number of nitrogens with one attached hydrogen (secondary N) is 1. The highest BCUT2D eigenvalue weighted by atomic mass is 32.1. The second-order valence-corrected chi connectivity index (χ2v) is 13.8. The zero-order valence-corrected chi connectivity index (χ0v) is 31.3. The standard InChI is InChI=1S/C20H26N2O3S.C18H23N3O3S/c1-3-25-19(24)13-9-5-8-12-17(20-21-15(2)22-26-20)18(23)14-16-10-6-4-7-11-16;1-13-19-18(25-21-13)15(10-6-3-7-11-17(23)20-24)16(22)12-14-8-4-2-5-9-14/h4,6-7,10-11,17H,3,5,8-9,12-14H2,1-2H3;2,4-5,8-9,15,24H,3,6-7,10-12H2,1H3,(H,20,23). The molecule has 4 aromatic rings. The van der Waals surface area contributed by atoms with Crippen LogP contribution in [0.4, 0.5) is 0 Å². The maximum atomic E-state index is 12.8.